The van der Waals surface area contributed by atoms with Crippen LogP contribution in [0.4, 0.5) is 16.2 Å². The van der Waals surface area contributed by atoms with E-state index in [4.69, 9.17) is 22.1 Å². The lowest BCUT2D eigenvalue weighted by Crippen LogP contribution is -2.33. The SMILES string of the molecule is Cn1ncc(Br)c1-c1cc(NC(=O)N2CCc3c(Cl)cccc32)ccc1OCCN. The fourth-order valence-corrected chi connectivity index (χ4v) is 4.42. The van der Waals surface area contributed by atoms with Crippen LogP contribution in [0.15, 0.2) is 47.1 Å². The highest BCUT2D eigenvalue weighted by Gasteiger charge is 2.26. The monoisotopic (exact) mass is 489 g/mol. The zero-order chi connectivity index (χ0) is 21.3. The average molecular weight is 491 g/mol. The fourth-order valence-electron chi connectivity index (χ4n) is 3.59. The number of nitrogens with two attached hydrogens (primary N) is 1. The Kier molecular flexibility index (Phi) is 5.99. The molecule has 0 saturated carbocycles. The largest absolute Gasteiger partial charge is 0.492 e. The molecule has 2 aromatic carbocycles. The first-order valence-electron chi connectivity index (χ1n) is 9.50. The van der Waals surface area contributed by atoms with Crippen molar-refractivity contribution in [2.75, 3.05) is 29.9 Å². The molecule has 0 radical (unpaired) electrons. The van der Waals surface area contributed by atoms with Crippen molar-refractivity contribution in [3.8, 4) is 17.0 Å². The Morgan fingerprint density at radius 1 is 1.37 bits per heavy atom. The first-order chi connectivity index (χ1) is 14.5. The van der Waals surface area contributed by atoms with Gasteiger partial charge in [0.25, 0.3) is 0 Å². The van der Waals surface area contributed by atoms with Crippen LogP contribution in [0.25, 0.3) is 11.3 Å². The van der Waals surface area contributed by atoms with E-state index in [1.54, 1.807) is 15.8 Å². The topological polar surface area (TPSA) is 85.4 Å². The van der Waals surface area contributed by atoms with E-state index in [-0.39, 0.29) is 6.03 Å². The molecule has 0 aliphatic carbocycles. The summed E-state index contributed by atoms with van der Waals surface area (Å²) in [5.74, 6) is 0.668. The highest BCUT2D eigenvalue weighted by molar-refractivity contribution is 9.10. The number of nitrogens with one attached hydrogen (secondary N) is 1. The quantitative estimate of drug-likeness (QED) is 0.554. The Morgan fingerprint density at radius 2 is 2.20 bits per heavy atom. The van der Waals surface area contributed by atoms with Crippen LogP contribution >= 0.6 is 27.5 Å². The molecule has 3 aromatic rings. The highest BCUT2D eigenvalue weighted by atomic mass is 79.9. The molecule has 0 spiro atoms. The summed E-state index contributed by atoms with van der Waals surface area (Å²) in [5, 5.41) is 7.96. The molecular weight excluding hydrogens is 470 g/mol. The molecule has 0 bridgehead atoms. The number of carbonyl (C=O) groups excluding carboxylic acids is 1. The molecule has 4 rings (SSSR count). The van der Waals surface area contributed by atoms with Gasteiger partial charge in [-0.2, -0.15) is 5.10 Å². The molecule has 1 aliphatic rings. The summed E-state index contributed by atoms with van der Waals surface area (Å²) in [5.41, 5.74) is 9.74. The van der Waals surface area contributed by atoms with Gasteiger partial charge in [0.2, 0.25) is 0 Å². The summed E-state index contributed by atoms with van der Waals surface area (Å²) in [6.07, 6.45) is 2.46. The van der Waals surface area contributed by atoms with Crippen LogP contribution in [0.2, 0.25) is 5.02 Å². The maximum Gasteiger partial charge on any atom is 0.326 e. The van der Waals surface area contributed by atoms with Crippen molar-refractivity contribution in [2.45, 2.75) is 6.42 Å². The second-order valence-corrected chi connectivity index (χ2v) is 8.14. The van der Waals surface area contributed by atoms with Crippen LogP contribution in [0.1, 0.15) is 5.56 Å². The number of anilines is 2. The van der Waals surface area contributed by atoms with Crippen LogP contribution in [-0.4, -0.2) is 35.5 Å². The van der Waals surface area contributed by atoms with Gasteiger partial charge in [-0.3, -0.25) is 9.58 Å². The standard InChI is InChI=1S/C21H21BrClN5O2/c1-27-20(16(22)12-25-27)15-11-13(5-6-19(15)30-10-8-24)26-21(29)28-9-7-14-17(23)3-2-4-18(14)28/h2-6,11-12H,7-10,24H2,1H3,(H,26,29). The number of carbonyl (C=O) groups is 1. The molecule has 2 heterocycles. The number of aryl methyl sites for hydroxylation is 1. The van der Waals surface area contributed by atoms with Crippen molar-refractivity contribution < 1.29 is 9.53 Å². The Balaban J connectivity index is 1.64. The first kappa shape index (κ1) is 20.7. The van der Waals surface area contributed by atoms with Crippen molar-refractivity contribution >= 4 is 44.9 Å². The van der Waals surface area contributed by atoms with Crippen molar-refractivity contribution in [3.05, 3.63) is 57.7 Å². The molecule has 0 atom stereocenters. The number of halogens is 2. The number of fused-ring (bicyclic) bond motifs is 1. The number of amides is 2. The van der Waals surface area contributed by atoms with Gasteiger partial charge in [0.05, 0.1) is 22.1 Å². The molecule has 2 amide bonds. The van der Waals surface area contributed by atoms with Crippen molar-refractivity contribution in [1.29, 1.82) is 0 Å². The van der Waals surface area contributed by atoms with Crippen LogP contribution < -0.4 is 20.7 Å². The average Bonchev–Trinajstić information content (AvgIpc) is 3.31. The second kappa shape index (κ2) is 8.67. The number of rotatable bonds is 5. The predicted octanol–water partition coefficient (Wildman–Crippen LogP) is 4.44. The van der Waals surface area contributed by atoms with E-state index in [0.29, 0.717) is 36.2 Å². The number of aromatic nitrogens is 2. The smallest absolute Gasteiger partial charge is 0.326 e. The van der Waals surface area contributed by atoms with Gasteiger partial charge in [-0.25, -0.2) is 4.79 Å². The Labute approximate surface area is 187 Å². The van der Waals surface area contributed by atoms with E-state index < -0.39 is 0 Å². The lowest BCUT2D eigenvalue weighted by molar-refractivity contribution is 0.257. The number of hydrogen-bond donors (Lipinski definition) is 2. The van der Waals surface area contributed by atoms with Crippen molar-refractivity contribution in [1.82, 2.24) is 9.78 Å². The van der Waals surface area contributed by atoms with Crippen LogP contribution in [0, 0.1) is 0 Å². The Bertz CT molecular complexity index is 1080. The van der Waals surface area contributed by atoms with Gasteiger partial charge in [-0.15, -0.1) is 0 Å². The van der Waals surface area contributed by atoms with Gasteiger partial charge >= 0.3 is 6.03 Å². The fraction of sp³-hybridized carbons (Fsp3) is 0.238. The predicted molar refractivity (Wildman–Crippen MR) is 122 cm³/mol. The molecule has 0 fully saturated rings. The molecule has 0 saturated heterocycles. The number of urea groups is 1. The third-order valence-electron chi connectivity index (χ3n) is 4.97. The van der Waals surface area contributed by atoms with Crippen LogP contribution in [0.3, 0.4) is 0 Å². The van der Waals surface area contributed by atoms with Crippen LogP contribution in [-0.2, 0) is 13.5 Å². The zero-order valence-corrected chi connectivity index (χ0v) is 18.7. The summed E-state index contributed by atoms with van der Waals surface area (Å²) in [6.45, 7) is 1.38. The number of ether oxygens (including phenoxy) is 1. The zero-order valence-electron chi connectivity index (χ0n) is 16.4. The molecule has 1 aliphatic heterocycles. The third kappa shape index (κ3) is 3.90. The van der Waals surface area contributed by atoms with Gasteiger partial charge in [-0.1, -0.05) is 17.7 Å². The van der Waals surface area contributed by atoms with Crippen molar-refractivity contribution in [3.63, 3.8) is 0 Å². The third-order valence-corrected chi connectivity index (χ3v) is 5.91. The molecule has 3 N–H and O–H groups in total. The van der Waals surface area contributed by atoms with E-state index in [0.717, 1.165) is 33.4 Å². The van der Waals surface area contributed by atoms with E-state index in [2.05, 4.69) is 26.3 Å². The summed E-state index contributed by atoms with van der Waals surface area (Å²) >= 11 is 9.81. The van der Waals surface area contributed by atoms with E-state index in [1.807, 2.05) is 43.4 Å². The van der Waals surface area contributed by atoms with Gasteiger partial charge < -0.3 is 15.8 Å². The van der Waals surface area contributed by atoms with Crippen LogP contribution in [0.5, 0.6) is 5.75 Å². The summed E-state index contributed by atoms with van der Waals surface area (Å²) in [6, 6.07) is 10.9. The highest BCUT2D eigenvalue weighted by Crippen LogP contribution is 2.37. The van der Waals surface area contributed by atoms with Gasteiger partial charge in [0, 0.05) is 36.4 Å². The maximum atomic E-state index is 13.0. The number of hydrogen-bond acceptors (Lipinski definition) is 4. The summed E-state index contributed by atoms with van der Waals surface area (Å²) in [7, 11) is 1.85. The Morgan fingerprint density at radius 3 is 2.93 bits per heavy atom. The summed E-state index contributed by atoms with van der Waals surface area (Å²) in [4.78, 5) is 14.7. The van der Waals surface area contributed by atoms with Crippen molar-refractivity contribution in [2.24, 2.45) is 12.8 Å². The number of benzene rings is 2. The van der Waals surface area contributed by atoms with Gasteiger partial charge in [-0.05, 0) is 58.2 Å². The lowest BCUT2D eigenvalue weighted by atomic mass is 10.1. The number of nitrogens with zero attached hydrogens (tertiary/aromatic N) is 3. The molecule has 30 heavy (non-hydrogen) atoms. The minimum Gasteiger partial charge on any atom is -0.492 e. The summed E-state index contributed by atoms with van der Waals surface area (Å²) < 4.78 is 8.39. The lowest BCUT2D eigenvalue weighted by Gasteiger charge is -2.19. The minimum absolute atomic E-state index is 0.207. The van der Waals surface area contributed by atoms with E-state index in [1.165, 1.54) is 0 Å². The Hall–Kier alpha value is -2.55. The second-order valence-electron chi connectivity index (χ2n) is 6.88. The molecule has 9 heteroatoms. The molecule has 156 valence electrons. The van der Waals surface area contributed by atoms with E-state index >= 15 is 0 Å². The van der Waals surface area contributed by atoms with Gasteiger partial charge in [0.1, 0.15) is 12.4 Å². The van der Waals surface area contributed by atoms with Gasteiger partial charge in [0.15, 0.2) is 0 Å². The maximum absolute atomic E-state index is 13.0. The van der Waals surface area contributed by atoms with E-state index in [9.17, 15) is 4.79 Å². The molecular formula is C21H21BrClN5O2. The molecule has 1 aromatic heterocycles. The molecule has 7 nitrogen and oxygen atoms in total. The normalized spacial score (nSPS) is 12.7. The molecule has 0 unspecified atom stereocenters. The first-order valence-corrected chi connectivity index (χ1v) is 10.7. The minimum atomic E-state index is -0.207.